The fourth-order valence-corrected chi connectivity index (χ4v) is 3.88. The topological polar surface area (TPSA) is 66.5 Å². The molecule has 3 rings (SSSR count). The Kier molecular flexibility index (Phi) is 6.16. The number of carbonyl (C=O) groups is 3. The summed E-state index contributed by atoms with van der Waals surface area (Å²) < 4.78 is 0. The van der Waals surface area contributed by atoms with Gasteiger partial charge in [-0.15, -0.1) is 0 Å². The normalized spacial score (nSPS) is 14.3. The summed E-state index contributed by atoms with van der Waals surface area (Å²) in [6, 6.07) is 11.9. The molecule has 1 N–H and O–H groups in total. The van der Waals surface area contributed by atoms with Gasteiger partial charge in [0.1, 0.15) is 6.04 Å². The van der Waals surface area contributed by atoms with Crippen LogP contribution in [0.4, 0.5) is 5.69 Å². The van der Waals surface area contributed by atoms with Crippen molar-refractivity contribution in [1.82, 2.24) is 4.90 Å². The molecule has 5 nitrogen and oxygen atoms in total. The lowest BCUT2D eigenvalue weighted by Gasteiger charge is -2.27. The van der Waals surface area contributed by atoms with Crippen LogP contribution >= 0.6 is 0 Å². The highest BCUT2D eigenvalue weighted by atomic mass is 16.2. The lowest BCUT2D eigenvalue weighted by Crippen LogP contribution is -2.48. The molecule has 0 saturated heterocycles. The van der Waals surface area contributed by atoms with E-state index in [-0.39, 0.29) is 11.8 Å². The lowest BCUT2D eigenvalue weighted by atomic mass is 9.99. The number of carbonyl (C=O) groups excluding carboxylic acids is 3. The smallest absolute Gasteiger partial charge is 0.262 e. The molecular formula is C24H28N2O3. The van der Waals surface area contributed by atoms with E-state index < -0.39 is 17.9 Å². The maximum absolute atomic E-state index is 13.4. The van der Waals surface area contributed by atoms with Crippen molar-refractivity contribution in [1.29, 1.82) is 0 Å². The molecule has 0 aromatic heterocycles. The molecule has 1 heterocycles. The third-order valence-corrected chi connectivity index (χ3v) is 5.38. The first-order chi connectivity index (χ1) is 13.9. The molecule has 0 bridgehead atoms. The number of benzene rings is 2. The molecule has 0 radical (unpaired) electrons. The number of nitrogens with zero attached hydrogens (tertiary/aromatic N) is 1. The molecule has 2 aromatic rings. The van der Waals surface area contributed by atoms with Crippen LogP contribution in [0.25, 0.3) is 0 Å². The number of imide groups is 1. The van der Waals surface area contributed by atoms with Crippen LogP contribution in [0, 0.1) is 5.92 Å². The van der Waals surface area contributed by atoms with E-state index in [0.717, 1.165) is 34.6 Å². The van der Waals surface area contributed by atoms with E-state index in [4.69, 9.17) is 0 Å². The van der Waals surface area contributed by atoms with E-state index in [1.807, 2.05) is 45.9 Å². The van der Waals surface area contributed by atoms with Gasteiger partial charge in [0.05, 0.1) is 11.1 Å². The fraction of sp³-hybridized carbons (Fsp3) is 0.375. The molecule has 5 heteroatoms. The Labute approximate surface area is 172 Å². The fourth-order valence-electron chi connectivity index (χ4n) is 3.88. The first-order valence-electron chi connectivity index (χ1n) is 10.3. The number of nitrogens with one attached hydrogen (secondary N) is 1. The van der Waals surface area contributed by atoms with Crippen LogP contribution in [0.3, 0.4) is 0 Å². The van der Waals surface area contributed by atoms with Gasteiger partial charge >= 0.3 is 0 Å². The van der Waals surface area contributed by atoms with Crippen molar-refractivity contribution in [3.8, 4) is 0 Å². The van der Waals surface area contributed by atoms with Gasteiger partial charge in [-0.05, 0) is 48.4 Å². The maximum Gasteiger partial charge on any atom is 0.262 e. The van der Waals surface area contributed by atoms with Crippen molar-refractivity contribution in [2.45, 2.75) is 53.0 Å². The van der Waals surface area contributed by atoms with Gasteiger partial charge < -0.3 is 5.32 Å². The standard InChI is InChI=1S/C24H28N2O3/c1-5-16-10-9-11-17(6-2)21(16)25-22(27)20(14-15(3)4)26-23(28)18-12-7-8-13-19(18)24(26)29/h7-13,15,20H,5-6,14H2,1-4H3,(H,25,27). The van der Waals surface area contributed by atoms with E-state index in [0.29, 0.717) is 17.5 Å². The molecule has 1 aliphatic heterocycles. The van der Waals surface area contributed by atoms with Crippen LogP contribution in [-0.4, -0.2) is 28.7 Å². The summed E-state index contributed by atoms with van der Waals surface area (Å²) in [7, 11) is 0. The van der Waals surface area contributed by atoms with Crippen LogP contribution < -0.4 is 5.32 Å². The second kappa shape index (κ2) is 8.60. The van der Waals surface area contributed by atoms with Crippen molar-refractivity contribution in [3.63, 3.8) is 0 Å². The van der Waals surface area contributed by atoms with Gasteiger partial charge in [0.15, 0.2) is 0 Å². The second-order valence-electron chi connectivity index (χ2n) is 7.82. The Bertz CT molecular complexity index is 892. The minimum atomic E-state index is -0.850. The molecule has 2 aromatic carbocycles. The van der Waals surface area contributed by atoms with E-state index >= 15 is 0 Å². The zero-order valence-electron chi connectivity index (χ0n) is 17.5. The summed E-state index contributed by atoms with van der Waals surface area (Å²) in [6.45, 7) is 8.05. The Balaban J connectivity index is 1.96. The minimum absolute atomic E-state index is 0.141. The van der Waals surface area contributed by atoms with Crippen molar-refractivity contribution < 1.29 is 14.4 Å². The van der Waals surface area contributed by atoms with Crippen LogP contribution in [0.5, 0.6) is 0 Å². The second-order valence-corrected chi connectivity index (χ2v) is 7.82. The number of anilines is 1. The van der Waals surface area contributed by atoms with E-state index in [9.17, 15) is 14.4 Å². The summed E-state index contributed by atoms with van der Waals surface area (Å²) in [4.78, 5) is 40.4. The molecule has 0 spiro atoms. The summed E-state index contributed by atoms with van der Waals surface area (Å²) in [6.07, 6.45) is 1.98. The van der Waals surface area contributed by atoms with Crippen LogP contribution in [0.15, 0.2) is 42.5 Å². The number of hydrogen-bond acceptors (Lipinski definition) is 3. The van der Waals surface area contributed by atoms with Crippen LogP contribution in [0.1, 0.15) is 66.0 Å². The average molecular weight is 392 g/mol. The van der Waals surface area contributed by atoms with Gasteiger partial charge in [0.2, 0.25) is 5.91 Å². The van der Waals surface area contributed by atoms with Gasteiger partial charge in [-0.25, -0.2) is 0 Å². The Morgan fingerprint density at radius 1 is 0.897 bits per heavy atom. The number of hydrogen-bond donors (Lipinski definition) is 1. The van der Waals surface area contributed by atoms with Gasteiger partial charge in [0.25, 0.3) is 11.8 Å². The van der Waals surface area contributed by atoms with Crippen LogP contribution in [-0.2, 0) is 17.6 Å². The largest absolute Gasteiger partial charge is 0.324 e. The molecule has 0 fully saturated rings. The van der Waals surface area contributed by atoms with E-state index in [2.05, 4.69) is 5.32 Å². The summed E-state index contributed by atoms with van der Waals surface area (Å²) >= 11 is 0. The lowest BCUT2D eigenvalue weighted by molar-refractivity contribution is -0.120. The molecule has 3 amide bonds. The molecule has 0 aliphatic carbocycles. The Morgan fingerprint density at radius 2 is 1.41 bits per heavy atom. The molecule has 29 heavy (non-hydrogen) atoms. The number of rotatable bonds is 7. The highest BCUT2D eigenvalue weighted by molar-refractivity contribution is 6.23. The number of fused-ring (bicyclic) bond motifs is 1. The molecule has 0 saturated carbocycles. The zero-order valence-corrected chi connectivity index (χ0v) is 17.5. The third kappa shape index (κ3) is 3.95. The Morgan fingerprint density at radius 3 is 1.86 bits per heavy atom. The minimum Gasteiger partial charge on any atom is -0.324 e. The number of para-hydroxylation sites is 1. The maximum atomic E-state index is 13.4. The summed E-state index contributed by atoms with van der Waals surface area (Å²) in [5.41, 5.74) is 3.61. The molecule has 1 atom stereocenters. The van der Waals surface area contributed by atoms with Crippen molar-refractivity contribution >= 4 is 23.4 Å². The molecule has 1 unspecified atom stereocenters. The van der Waals surface area contributed by atoms with Crippen LogP contribution in [0.2, 0.25) is 0 Å². The summed E-state index contributed by atoms with van der Waals surface area (Å²) in [5.74, 6) is -0.970. The quantitative estimate of drug-likeness (QED) is 0.708. The predicted molar refractivity (Wildman–Crippen MR) is 114 cm³/mol. The van der Waals surface area contributed by atoms with Gasteiger partial charge in [-0.3, -0.25) is 19.3 Å². The summed E-state index contributed by atoms with van der Waals surface area (Å²) in [5, 5.41) is 3.05. The SMILES string of the molecule is CCc1cccc(CC)c1NC(=O)C(CC(C)C)N1C(=O)c2ccccc2C1=O. The number of aryl methyl sites for hydroxylation is 2. The Hall–Kier alpha value is -2.95. The predicted octanol–water partition coefficient (Wildman–Crippen LogP) is 4.46. The van der Waals surface area contributed by atoms with Crippen molar-refractivity contribution in [2.75, 3.05) is 5.32 Å². The van der Waals surface area contributed by atoms with Gasteiger partial charge in [-0.1, -0.05) is 58.0 Å². The van der Waals surface area contributed by atoms with Gasteiger partial charge in [-0.2, -0.15) is 0 Å². The van der Waals surface area contributed by atoms with E-state index in [1.165, 1.54) is 0 Å². The first kappa shape index (κ1) is 20.8. The van der Waals surface area contributed by atoms with Crippen molar-refractivity contribution in [2.24, 2.45) is 5.92 Å². The van der Waals surface area contributed by atoms with Gasteiger partial charge in [0, 0.05) is 5.69 Å². The zero-order chi connectivity index (χ0) is 21.1. The van der Waals surface area contributed by atoms with Crippen molar-refractivity contribution in [3.05, 3.63) is 64.7 Å². The first-order valence-corrected chi connectivity index (χ1v) is 10.3. The average Bonchev–Trinajstić information content (AvgIpc) is 2.96. The highest BCUT2D eigenvalue weighted by Gasteiger charge is 2.42. The number of amides is 3. The molecule has 152 valence electrons. The third-order valence-electron chi connectivity index (χ3n) is 5.38. The van der Waals surface area contributed by atoms with E-state index in [1.54, 1.807) is 24.3 Å². The molecule has 1 aliphatic rings. The molecular weight excluding hydrogens is 364 g/mol. The monoisotopic (exact) mass is 392 g/mol. The highest BCUT2D eigenvalue weighted by Crippen LogP contribution is 2.29.